The molecule has 0 saturated carbocycles. The molecule has 6 heteroatoms. The van der Waals surface area contributed by atoms with Crippen molar-refractivity contribution in [3.05, 3.63) is 24.3 Å². The molecule has 0 aromatic rings. The first-order chi connectivity index (χ1) is 22.5. The number of unbranched alkanes of at least 4 members (excludes halogenated alkanes) is 22. The summed E-state index contributed by atoms with van der Waals surface area (Å²) in [5.41, 5.74) is 0. The van der Waals surface area contributed by atoms with E-state index in [2.05, 4.69) is 43.5 Å². The van der Waals surface area contributed by atoms with Crippen molar-refractivity contribution in [3.8, 4) is 0 Å². The fourth-order valence-electron chi connectivity index (χ4n) is 5.95. The van der Waals surface area contributed by atoms with Gasteiger partial charge < -0.3 is 25.7 Å². The van der Waals surface area contributed by atoms with Crippen LogP contribution in [0.25, 0.3) is 0 Å². The summed E-state index contributed by atoms with van der Waals surface area (Å²) in [6.45, 7) is 4.01. The number of allylic oxidation sites excluding steroid dienone is 4. The quantitative estimate of drug-likeness (QED) is 0.0346. The summed E-state index contributed by atoms with van der Waals surface area (Å²) >= 11 is 0. The number of hydrogen-bond donors (Lipinski definition) is 5. The lowest BCUT2D eigenvalue weighted by molar-refractivity contribution is -0.132. The van der Waals surface area contributed by atoms with Gasteiger partial charge in [0.25, 0.3) is 0 Å². The molecule has 0 radical (unpaired) electrons. The maximum Gasteiger partial charge on any atom is 0.249 e. The van der Waals surface area contributed by atoms with Gasteiger partial charge in [0.1, 0.15) is 12.2 Å². The highest BCUT2D eigenvalue weighted by Crippen LogP contribution is 2.15. The lowest BCUT2D eigenvalue weighted by Gasteiger charge is -2.27. The normalized spacial score (nSPS) is 14.7. The predicted molar refractivity (Wildman–Crippen MR) is 196 cm³/mol. The zero-order chi connectivity index (χ0) is 33.9. The van der Waals surface area contributed by atoms with E-state index in [4.69, 9.17) is 0 Å². The molecule has 1 amide bonds. The number of amides is 1. The van der Waals surface area contributed by atoms with Gasteiger partial charge in [0.15, 0.2) is 0 Å². The van der Waals surface area contributed by atoms with Crippen LogP contribution >= 0.6 is 0 Å². The molecule has 0 spiro atoms. The average Bonchev–Trinajstić information content (AvgIpc) is 3.06. The second-order valence-corrected chi connectivity index (χ2v) is 13.6. The first-order valence-corrected chi connectivity index (χ1v) is 19.7. The molecule has 46 heavy (non-hydrogen) atoms. The van der Waals surface area contributed by atoms with E-state index < -0.39 is 36.9 Å². The molecule has 4 unspecified atom stereocenters. The second-order valence-electron chi connectivity index (χ2n) is 13.6. The lowest BCUT2D eigenvalue weighted by atomic mass is 10.00. The topological polar surface area (TPSA) is 110 Å². The van der Waals surface area contributed by atoms with Crippen molar-refractivity contribution in [3.63, 3.8) is 0 Å². The SMILES string of the molecule is CCCCCCCC/C=C/CC/C=C/CCCC(O)C(O)C(CO)NC(=O)C(O)CCCCCCCCCCCCCCCCC. The largest absolute Gasteiger partial charge is 0.394 e. The van der Waals surface area contributed by atoms with E-state index in [0.717, 1.165) is 38.5 Å². The minimum Gasteiger partial charge on any atom is -0.394 e. The molecular formula is C40H77NO5. The van der Waals surface area contributed by atoms with Crippen LogP contribution in [0.15, 0.2) is 24.3 Å². The predicted octanol–water partition coefficient (Wildman–Crippen LogP) is 9.62. The van der Waals surface area contributed by atoms with Gasteiger partial charge in [-0.05, 0) is 51.4 Å². The lowest BCUT2D eigenvalue weighted by Crippen LogP contribution is -2.53. The minimum atomic E-state index is -1.28. The molecule has 0 aliphatic rings. The van der Waals surface area contributed by atoms with Crippen molar-refractivity contribution in [2.75, 3.05) is 6.61 Å². The molecule has 0 aromatic heterocycles. The molecule has 0 aliphatic heterocycles. The smallest absolute Gasteiger partial charge is 0.249 e. The minimum absolute atomic E-state index is 0.363. The number of carbonyl (C=O) groups is 1. The van der Waals surface area contributed by atoms with E-state index in [0.29, 0.717) is 19.3 Å². The van der Waals surface area contributed by atoms with Gasteiger partial charge >= 0.3 is 0 Å². The summed E-state index contributed by atoms with van der Waals surface area (Å²) < 4.78 is 0. The van der Waals surface area contributed by atoms with Gasteiger partial charge in [-0.1, -0.05) is 167 Å². The Bertz CT molecular complexity index is 697. The molecule has 0 aromatic carbocycles. The van der Waals surface area contributed by atoms with Crippen LogP contribution in [0.1, 0.15) is 194 Å². The Labute approximate surface area is 284 Å². The van der Waals surface area contributed by atoms with Crippen LogP contribution in [-0.2, 0) is 4.79 Å². The molecule has 0 fully saturated rings. The molecule has 0 rings (SSSR count). The highest BCUT2D eigenvalue weighted by Gasteiger charge is 2.28. The van der Waals surface area contributed by atoms with Gasteiger partial charge in [-0.25, -0.2) is 0 Å². The van der Waals surface area contributed by atoms with Gasteiger partial charge in [0, 0.05) is 0 Å². The zero-order valence-corrected chi connectivity index (χ0v) is 30.3. The maximum absolute atomic E-state index is 12.4. The zero-order valence-electron chi connectivity index (χ0n) is 30.3. The fraction of sp³-hybridized carbons (Fsp3) is 0.875. The highest BCUT2D eigenvalue weighted by atomic mass is 16.3. The number of aliphatic hydroxyl groups excluding tert-OH is 4. The summed E-state index contributed by atoms with van der Waals surface area (Å²) in [6, 6.07) is -1.00. The van der Waals surface area contributed by atoms with Gasteiger partial charge in [0.05, 0.1) is 18.8 Å². The summed E-state index contributed by atoms with van der Waals surface area (Å²) in [5.74, 6) is -0.598. The average molecular weight is 652 g/mol. The van der Waals surface area contributed by atoms with E-state index in [1.54, 1.807) is 0 Å². The Morgan fingerprint density at radius 1 is 0.522 bits per heavy atom. The van der Waals surface area contributed by atoms with Crippen LogP contribution in [0.5, 0.6) is 0 Å². The molecular weight excluding hydrogens is 574 g/mol. The Morgan fingerprint density at radius 2 is 0.913 bits per heavy atom. The number of rotatable bonds is 35. The molecule has 4 atom stereocenters. The maximum atomic E-state index is 12.4. The van der Waals surface area contributed by atoms with Gasteiger partial charge in [-0.3, -0.25) is 4.79 Å². The van der Waals surface area contributed by atoms with E-state index in [1.807, 2.05) is 0 Å². The van der Waals surface area contributed by atoms with Gasteiger partial charge in [-0.2, -0.15) is 0 Å². The summed E-state index contributed by atoms with van der Waals surface area (Å²) in [5, 5.41) is 43.5. The Balaban J connectivity index is 3.85. The summed E-state index contributed by atoms with van der Waals surface area (Å²) in [7, 11) is 0. The van der Waals surface area contributed by atoms with E-state index in [1.165, 1.54) is 122 Å². The number of carbonyl (C=O) groups excluding carboxylic acids is 1. The Morgan fingerprint density at radius 3 is 1.37 bits per heavy atom. The molecule has 0 aliphatic carbocycles. The van der Waals surface area contributed by atoms with E-state index >= 15 is 0 Å². The molecule has 0 bridgehead atoms. The number of nitrogens with one attached hydrogen (secondary N) is 1. The Kier molecular flexibility index (Phi) is 34.2. The van der Waals surface area contributed by atoms with Crippen molar-refractivity contribution >= 4 is 5.91 Å². The molecule has 0 saturated heterocycles. The van der Waals surface area contributed by atoms with Crippen LogP contribution in [0.2, 0.25) is 0 Å². The van der Waals surface area contributed by atoms with Crippen molar-refractivity contribution in [2.24, 2.45) is 0 Å². The van der Waals surface area contributed by atoms with Gasteiger partial charge in [0.2, 0.25) is 5.91 Å². The number of hydrogen-bond acceptors (Lipinski definition) is 5. The Hall–Kier alpha value is -1.21. The van der Waals surface area contributed by atoms with Crippen LogP contribution in [0.4, 0.5) is 0 Å². The van der Waals surface area contributed by atoms with Crippen LogP contribution < -0.4 is 5.32 Å². The summed E-state index contributed by atoms with van der Waals surface area (Å²) in [6.07, 6.45) is 37.7. The van der Waals surface area contributed by atoms with Crippen LogP contribution in [-0.4, -0.2) is 57.3 Å². The highest BCUT2D eigenvalue weighted by molar-refractivity contribution is 5.80. The van der Waals surface area contributed by atoms with Crippen molar-refractivity contribution in [2.45, 2.75) is 218 Å². The third kappa shape index (κ3) is 29.0. The summed E-state index contributed by atoms with van der Waals surface area (Å²) in [4.78, 5) is 12.4. The first-order valence-electron chi connectivity index (χ1n) is 19.7. The van der Waals surface area contributed by atoms with Crippen molar-refractivity contribution in [1.82, 2.24) is 5.32 Å². The molecule has 5 N–H and O–H groups in total. The second kappa shape index (κ2) is 35.1. The van der Waals surface area contributed by atoms with Crippen molar-refractivity contribution in [1.29, 1.82) is 0 Å². The first kappa shape index (κ1) is 44.8. The van der Waals surface area contributed by atoms with E-state index in [-0.39, 0.29) is 0 Å². The third-order valence-corrected chi connectivity index (χ3v) is 9.14. The van der Waals surface area contributed by atoms with Crippen LogP contribution in [0.3, 0.4) is 0 Å². The van der Waals surface area contributed by atoms with Crippen LogP contribution in [0, 0.1) is 0 Å². The third-order valence-electron chi connectivity index (χ3n) is 9.14. The molecule has 6 nitrogen and oxygen atoms in total. The molecule has 0 heterocycles. The molecule has 272 valence electrons. The van der Waals surface area contributed by atoms with Gasteiger partial charge in [-0.15, -0.1) is 0 Å². The standard InChI is InChI=1S/C40H77NO5/c1-3-5-7-9-11-13-15-17-19-21-23-25-27-29-31-33-37(43)39(45)36(35-42)41-40(46)38(44)34-32-30-28-26-24-22-20-18-16-14-12-10-8-6-4-2/h17,19,25,27,36-39,42-45H,3-16,18,20-24,26,28-35H2,1-2H3,(H,41,46)/b19-17+,27-25+. The van der Waals surface area contributed by atoms with Crippen molar-refractivity contribution < 1.29 is 25.2 Å². The van der Waals surface area contributed by atoms with E-state index in [9.17, 15) is 25.2 Å². The monoisotopic (exact) mass is 652 g/mol. The number of aliphatic hydroxyl groups is 4. The fourth-order valence-corrected chi connectivity index (χ4v) is 5.95.